The largest absolute Gasteiger partial charge is 0.462 e. The van der Waals surface area contributed by atoms with Crippen LogP contribution >= 0.6 is 15.9 Å². The molecule has 0 aliphatic carbocycles. The highest BCUT2D eigenvalue weighted by molar-refractivity contribution is 9.10. The zero-order valence-corrected chi connectivity index (χ0v) is 16.2. The summed E-state index contributed by atoms with van der Waals surface area (Å²) in [5, 5.41) is 0. The van der Waals surface area contributed by atoms with Crippen LogP contribution in [-0.4, -0.2) is 23.5 Å². The number of rotatable bonds is 6. The predicted octanol–water partition coefficient (Wildman–Crippen LogP) is 4.46. The smallest absolute Gasteiger partial charge is 0.338 e. The van der Waals surface area contributed by atoms with Crippen LogP contribution in [0, 0.1) is 0 Å². The molecule has 0 spiro atoms. The number of aromatic nitrogens is 1. The molecular formula is C20H17BrN2O4. The van der Waals surface area contributed by atoms with Gasteiger partial charge in [0.2, 0.25) is 0 Å². The highest BCUT2D eigenvalue weighted by Gasteiger charge is 2.22. The van der Waals surface area contributed by atoms with Crippen LogP contribution in [0.1, 0.15) is 33.4 Å². The molecule has 1 aromatic carbocycles. The molecule has 7 heteroatoms. The lowest BCUT2D eigenvalue weighted by Crippen LogP contribution is -2.30. The Kier molecular flexibility index (Phi) is 6.03. The first kappa shape index (κ1) is 18.8. The molecule has 0 bridgehead atoms. The molecule has 0 aliphatic heterocycles. The van der Waals surface area contributed by atoms with Crippen molar-refractivity contribution in [3.8, 4) is 0 Å². The number of ether oxygens (including phenoxy) is 1. The fourth-order valence-corrected chi connectivity index (χ4v) is 2.82. The van der Waals surface area contributed by atoms with Crippen molar-refractivity contribution in [3.05, 3.63) is 82.5 Å². The van der Waals surface area contributed by atoms with Gasteiger partial charge in [-0.15, -0.1) is 0 Å². The molecule has 6 nitrogen and oxygen atoms in total. The van der Waals surface area contributed by atoms with E-state index in [0.29, 0.717) is 29.1 Å². The average Bonchev–Trinajstić information content (AvgIpc) is 3.13. The molecule has 1 amide bonds. The predicted molar refractivity (Wildman–Crippen MR) is 104 cm³/mol. The Morgan fingerprint density at radius 3 is 2.52 bits per heavy atom. The third-order valence-corrected chi connectivity index (χ3v) is 4.21. The van der Waals surface area contributed by atoms with Gasteiger partial charge in [-0.05, 0) is 70.9 Å². The summed E-state index contributed by atoms with van der Waals surface area (Å²) in [7, 11) is 0. The van der Waals surface area contributed by atoms with Crippen LogP contribution in [0.4, 0.5) is 5.69 Å². The summed E-state index contributed by atoms with van der Waals surface area (Å²) in [4.78, 5) is 30.5. The number of pyridine rings is 1. The molecule has 0 saturated heterocycles. The average molecular weight is 429 g/mol. The summed E-state index contributed by atoms with van der Waals surface area (Å²) in [5.41, 5.74) is 1.92. The third kappa shape index (κ3) is 4.62. The summed E-state index contributed by atoms with van der Waals surface area (Å²) >= 11 is 3.21. The number of halogens is 1. The van der Waals surface area contributed by atoms with Crippen LogP contribution in [0.25, 0.3) is 0 Å². The Morgan fingerprint density at radius 1 is 1.15 bits per heavy atom. The minimum Gasteiger partial charge on any atom is -0.462 e. The van der Waals surface area contributed by atoms with Crippen molar-refractivity contribution in [1.82, 2.24) is 4.98 Å². The zero-order chi connectivity index (χ0) is 19.2. The first-order valence-electron chi connectivity index (χ1n) is 8.31. The highest BCUT2D eigenvalue weighted by atomic mass is 79.9. The van der Waals surface area contributed by atoms with Crippen molar-refractivity contribution in [2.75, 3.05) is 11.5 Å². The Morgan fingerprint density at radius 2 is 1.93 bits per heavy atom. The summed E-state index contributed by atoms with van der Waals surface area (Å²) in [6.45, 7) is 2.37. The quantitative estimate of drug-likeness (QED) is 0.541. The van der Waals surface area contributed by atoms with E-state index in [9.17, 15) is 9.59 Å². The Bertz CT molecular complexity index is 923. The summed E-state index contributed by atoms with van der Waals surface area (Å²) in [6.07, 6.45) is 3.37. The molecule has 0 saturated carbocycles. The minimum atomic E-state index is -0.399. The molecule has 0 fully saturated rings. The van der Waals surface area contributed by atoms with Gasteiger partial charge < -0.3 is 14.1 Å². The van der Waals surface area contributed by atoms with Gasteiger partial charge in [-0.25, -0.2) is 4.79 Å². The molecule has 0 aliphatic rings. The van der Waals surface area contributed by atoms with Crippen molar-refractivity contribution in [1.29, 1.82) is 0 Å². The van der Waals surface area contributed by atoms with Crippen LogP contribution in [0.3, 0.4) is 0 Å². The highest BCUT2D eigenvalue weighted by Crippen LogP contribution is 2.23. The number of furan rings is 1. The maximum absolute atomic E-state index is 13.0. The molecule has 2 aromatic heterocycles. The standard InChI is InChI=1S/C20H17BrN2O4/c1-2-26-20(25)15-5-7-16(8-6-15)23(13-14-4-3-11-22-12-14)19(24)17-9-10-18(21)27-17/h3-12H,2,13H2,1H3. The molecule has 3 aromatic rings. The van der Waals surface area contributed by atoms with Gasteiger partial charge in [-0.2, -0.15) is 0 Å². The molecular weight excluding hydrogens is 412 g/mol. The summed E-state index contributed by atoms with van der Waals surface area (Å²) in [5.74, 6) is -0.488. The van der Waals surface area contributed by atoms with Crippen LogP contribution in [-0.2, 0) is 11.3 Å². The fraction of sp³-hybridized carbons (Fsp3) is 0.150. The van der Waals surface area contributed by atoms with Gasteiger partial charge in [-0.3, -0.25) is 9.78 Å². The number of carbonyl (C=O) groups is 2. The zero-order valence-electron chi connectivity index (χ0n) is 14.6. The monoisotopic (exact) mass is 428 g/mol. The first-order chi connectivity index (χ1) is 13.1. The van der Waals surface area contributed by atoms with E-state index in [1.165, 1.54) is 0 Å². The fourth-order valence-electron chi connectivity index (χ4n) is 2.51. The van der Waals surface area contributed by atoms with E-state index in [4.69, 9.17) is 9.15 Å². The summed E-state index contributed by atoms with van der Waals surface area (Å²) in [6, 6.07) is 13.7. The summed E-state index contributed by atoms with van der Waals surface area (Å²) < 4.78 is 10.9. The topological polar surface area (TPSA) is 72.6 Å². The molecule has 0 radical (unpaired) electrons. The number of hydrogen-bond donors (Lipinski definition) is 0. The number of anilines is 1. The molecule has 0 atom stereocenters. The van der Waals surface area contributed by atoms with E-state index in [2.05, 4.69) is 20.9 Å². The lowest BCUT2D eigenvalue weighted by molar-refractivity contribution is 0.0526. The Hall–Kier alpha value is -2.93. The van der Waals surface area contributed by atoms with E-state index < -0.39 is 5.97 Å². The van der Waals surface area contributed by atoms with Gasteiger partial charge >= 0.3 is 5.97 Å². The van der Waals surface area contributed by atoms with Crippen molar-refractivity contribution < 1.29 is 18.7 Å². The second-order valence-electron chi connectivity index (χ2n) is 5.62. The SMILES string of the molecule is CCOC(=O)c1ccc(N(Cc2cccnc2)C(=O)c2ccc(Br)o2)cc1. The maximum Gasteiger partial charge on any atom is 0.338 e. The van der Waals surface area contributed by atoms with E-state index in [0.717, 1.165) is 5.56 Å². The van der Waals surface area contributed by atoms with Gasteiger partial charge in [0.05, 0.1) is 18.7 Å². The van der Waals surface area contributed by atoms with Crippen LogP contribution < -0.4 is 4.90 Å². The van der Waals surface area contributed by atoms with Gasteiger partial charge in [0.1, 0.15) is 0 Å². The Balaban J connectivity index is 1.91. The third-order valence-electron chi connectivity index (χ3n) is 3.78. The van der Waals surface area contributed by atoms with Gasteiger partial charge in [-0.1, -0.05) is 6.07 Å². The van der Waals surface area contributed by atoms with Crippen LogP contribution in [0.2, 0.25) is 0 Å². The van der Waals surface area contributed by atoms with Crippen molar-refractivity contribution in [3.63, 3.8) is 0 Å². The van der Waals surface area contributed by atoms with Gasteiger partial charge in [0.15, 0.2) is 10.4 Å². The molecule has 27 heavy (non-hydrogen) atoms. The van der Waals surface area contributed by atoms with Crippen molar-refractivity contribution in [2.45, 2.75) is 13.5 Å². The normalized spacial score (nSPS) is 10.4. The van der Waals surface area contributed by atoms with Crippen molar-refractivity contribution >= 4 is 33.5 Å². The number of esters is 1. The number of carbonyl (C=O) groups excluding carboxylic acids is 2. The Labute approximate surface area is 164 Å². The van der Waals surface area contributed by atoms with Gasteiger partial charge in [0.25, 0.3) is 5.91 Å². The molecule has 0 unspecified atom stereocenters. The first-order valence-corrected chi connectivity index (χ1v) is 9.11. The molecule has 2 heterocycles. The number of nitrogens with zero attached hydrogens (tertiary/aromatic N) is 2. The number of hydrogen-bond acceptors (Lipinski definition) is 5. The van der Waals surface area contributed by atoms with Crippen LogP contribution in [0.15, 0.2) is 70.0 Å². The lowest BCUT2D eigenvalue weighted by atomic mass is 10.1. The van der Waals surface area contributed by atoms with Gasteiger partial charge in [0, 0.05) is 18.1 Å². The maximum atomic E-state index is 13.0. The molecule has 0 N–H and O–H groups in total. The van der Waals surface area contributed by atoms with Crippen molar-refractivity contribution in [2.24, 2.45) is 0 Å². The molecule has 3 rings (SSSR count). The van der Waals surface area contributed by atoms with E-state index >= 15 is 0 Å². The second-order valence-corrected chi connectivity index (χ2v) is 6.41. The number of amides is 1. The number of benzene rings is 1. The van der Waals surface area contributed by atoms with E-state index in [-0.39, 0.29) is 11.7 Å². The van der Waals surface area contributed by atoms with E-state index in [1.54, 1.807) is 60.6 Å². The molecule has 138 valence electrons. The second kappa shape index (κ2) is 8.64. The van der Waals surface area contributed by atoms with Crippen LogP contribution in [0.5, 0.6) is 0 Å². The lowest BCUT2D eigenvalue weighted by Gasteiger charge is -2.22. The minimum absolute atomic E-state index is 0.209. The van der Waals surface area contributed by atoms with E-state index in [1.807, 2.05) is 12.1 Å².